The smallest absolute Gasteiger partial charge is 0.251 e. The summed E-state index contributed by atoms with van der Waals surface area (Å²) in [5.41, 5.74) is 1.06. The zero-order valence-corrected chi connectivity index (χ0v) is 14.8. The highest BCUT2D eigenvalue weighted by Crippen LogP contribution is 2.19. The van der Waals surface area contributed by atoms with Gasteiger partial charge in [0.1, 0.15) is 0 Å². The molecule has 1 aromatic rings. The average molecular weight is 332 g/mol. The predicted octanol–water partition coefficient (Wildman–Crippen LogP) is 2.50. The van der Waals surface area contributed by atoms with E-state index in [0.29, 0.717) is 17.7 Å². The topological polar surface area (TPSA) is 78.4 Å². The number of aliphatic hydroxyl groups is 1. The summed E-state index contributed by atoms with van der Waals surface area (Å²) in [4.78, 5) is 24.4. The third kappa shape index (κ3) is 5.34. The molecule has 1 aliphatic carbocycles. The lowest BCUT2D eigenvalue weighted by Crippen LogP contribution is -2.45. The van der Waals surface area contributed by atoms with Gasteiger partial charge in [0.25, 0.3) is 11.8 Å². The van der Waals surface area contributed by atoms with Crippen LogP contribution in [0.5, 0.6) is 0 Å². The number of carbonyl (C=O) groups excluding carboxylic acids is 2. The van der Waals surface area contributed by atoms with E-state index in [-0.39, 0.29) is 23.3 Å². The number of hydrogen-bond donors (Lipinski definition) is 3. The maximum Gasteiger partial charge on any atom is 0.251 e. The molecule has 1 aromatic carbocycles. The van der Waals surface area contributed by atoms with E-state index < -0.39 is 6.10 Å². The minimum atomic E-state index is -0.467. The van der Waals surface area contributed by atoms with E-state index in [1.807, 2.05) is 0 Å². The summed E-state index contributed by atoms with van der Waals surface area (Å²) in [7, 11) is 0. The van der Waals surface area contributed by atoms with Crippen LogP contribution in [0.25, 0.3) is 0 Å². The molecule has 2 rings (SSSR count). The minimum Gasteiger partial charge on any atom is -0.391 e. The van der Waals surface area contributed by atoms with Crippen molar-refractivity contribution in [3.8, 4) is 0 Å². The summed E-state index contributed by atoms with van der Waals surface area (Å²) in [5.74, 6) is -0.345. The first-order valence-corrected chi connectivity index (χ1v) is 8.63. The maximum atomic E-state index is 12.3. The third-order valence-corrected chi connectivity index (χ3v) is 4.23. The van der Waals surface area contributed by atoms with Crippen molar-refractivity contribution in [1.82, 2.24) is 10.6 Å². The van der Waals surface area contributed by atoms with Crippen molar-refractivity contribution in [3.05, 3.63) is 35.4 Å². The Hall–Kier alpha value is -1.88. The van der Waals surface area contributed by atoms with Gasteiger partial charge in [0.05, 0.1) is 12.1 Å². The highest BCUT2D eigenvalue weighted by atomic mass is 16.3. The van der Waals surface area contributed by atoms with Crippen molar-refractivity contribution < 1.29 is 14.7 Å². The van der Waals surface area contributed by atoms with Gasteiger partial charge in [-0.25, -0.2) is 0 Å². The van der Waals surface area contributed by atoms with Crippen LogP contribution in [0.2, 0.25) is 0 Å². The lowest BCUT2D eigenvalue weighted by Gasteiger charge is -2.28. The minimum absolute atomic E-state index is 0.0241. The highest BCUT2D eigenvalue weighted by Gasteiger charge is 2.24. The zero-order chi connectivity index (χ0) is 17.7. The van der Waals surface area contributed by atoms with E-state index in [2.05, 4.69) is 31.4 Å². The van der Waals surface area contributed by atoms with E-state index in [4.69, 9.17) is 0 Å². The molecule has 2 amide bonds. The van der Waals surface area contributed by atoms with Gasteiger partial charge in [-0.2, -0.15) is 0 Å². The fourth-order valence-corrected chi connectivity index (χ4v) is 2.75. The molecule has 0 bridgehead atoms. The number of hydrogen-bond acceptors (Lipinski definition) is 3. The van der Waals surface area contributed by atoms with Gasteiger partial charge in [-0.3, -0.25) is 9.59 Å². The number of benzene rings is 1. The Morgan fingerprint density at radius 2 is 1.58 bits per heavy atom. The van der Waals surface area contributed by atoms with Gasteiger partial charge in [0.15, 0.2) is 0 Å². The highest BCUT2D eigenvalue weighted by molar-refractivity contribution is 5.97. The predicted molar refractivity (Wildman–Crippen MR) is 94.0 cm³/mol. The SMILES string of the molecule is CC(C)(C)CNC(=O)c1ccc(C(=O)NC2CCCCC2O)cc1. The van der Waals surface area contributed by atoms with Crippen molar-refractivity contribution in [1.29, 1.82) is 0 Å². The lowest BCUT2D eigenvalue weighted by atomic mass is 9.92. The standard InChI is InChI=1S/C19H28N2O3/c1-19(2,3)12-20-17(23)13-8-10-14(11-9-13)18(24)21-15-6-4-5-7-16(15)22/h8-11,15-16,22H,4-7,12H2,1-3H3,(H,20,23)(H,21,24). The number of amides is 2. The molecule has 2 unspecified atom stereocenters. The lowest BCUT2D eigenvalue weighted by molar-refractivity contribution is 0.0717. The molecule has 3 N–H and O–H groups in total. The van der Waals surface area contributed by atoms with E-state index >= 15 is 0 Å². The molecular weight excluding hydrogens is 304 g/mol. The van der Waals surface area contributed by atoms with Gasteiger partial charge in [-0.1, -0.05) is 33.6 Å². The number of aliphatic hydroxyl groups excluding tert-OH is 1. The second-order valence-electron chi connectivity index (χ2n) is 7.75. The molecular formula is C19H28N2O3. The van der Waals surface area contributed by atoms with E-state index in [1.54, 1.807) is 24.3 Å². The largest absolute Gasteiger partial charge is 0.391 e. The molecule has 24 heavy (non-hydrogen) atoms. The Bertz CT molecular complexity index is 575. The molecule has 5 heteroatoms. The zero-order valence-electron chi connectivity index (χ0n) is 14.8. The quantitative estimate of drug-likeness (QED) is 0.793. The Morgan fingerprint density at radius 1 is 1.04 bits per heavy atom. The summed E-state index contributed by atoms with van der Waals surface area (Å²) in [6.45, 7) is 6.76. The summed E-state index contributed by atoms with van der Waals surface area (Å²) in [6, 6.07) is 6.43. The van der Waals surface area contributed by atoms with Gasteiger partial charge < -0.3 is 15.7 Å². The first-order valence-electron chi connectivity index (χ1n) is 8.63. The second-order valence-corrected chi connectivity index (χ2v) is 7.75. The summed E-state index contributed by atoms with van der Waals surface area (Å²) >= 11 is 0. The van der Waals surface area contributed by atoms with E-state index in [9.17, 15) is 14.7 Å². The molecule has 0 radical (unpaired) electrons. The molecule has 0 aliphatic heterocycles. The number of rotatable bonds is 4. The summed E-state index contributed by atoms with van der Waals surface area (Å²) in [6.07, 6.45) is 3.10. The summed E-state index contributed by atoms with van der Waals surface area (Å²) < 4.78 is 0. The number of carbonyl (C=O) groups is 2. The molecule has 0 aromatic heterocycles. The van der Waals surface area contributed by atoms with Crippen LogP contribution >= 0.6 is 0 Å². The number of nitrogens with one attached hydrogen (secondary N) is 2. The van der Waals surface area contributed by atoms with E-state index in [1.165, 1.54) is 0 Å². The van der Waals surface area contributed by atoms with Crippen molar-refractivity contribution in [2.45, 2.75) is 58.6 Å². The van der Waals surface area contributed by atoms with Crippen molar-refractivity contribution in [3.63, 3.8) is 0 Å². The molecule has 1 saturated carbocycles. The fraction of sp³-hybridized carbons (Fsp3) is 0.579. The van der Waals surface area contributed by atoms with Crippen molar-refractivity contribution in [2.24, 2.45) is 5.41 Å². The van der Waals surface area contributed by atoms with E-state index in [0.717, 1.165) is 25.7 Å². The van der Waals surface area contributed by atoms with Gasteiger partial charge >= 0.3 is 0 Å². The maximum absolute atomic E-state index is 12.3. The van der Waals surface area contributed by atoms with Crippen LogP contribution in [0.1, 0.15) is 67.2 Å². The summed E-state index contributed by atoms with van der Waals surface area (Å²) in [5, 5.41) is 15.7. The van der Waals surface area contributed by atoms with Crippen LogP contribution in [0.3, 0.4) is 0 Å². The monoisotopic (exact) mass is 332 g/mol. The molecule has 1 aliphatic rings. The second kappa shape index (κ2) is 7.79. The van der Waals surface area contributed by atoms with Gasteiger partial charge in [0.2, 0.25) is 0 Å². The van der Waals surface area contributed by atoms with Gasteiger partial charge in [0, 0.05) is 17.7 Å². The Morgan fingerprint density at radius 3 is 2.12 bits per heavy atom. The van der Waals surface area contributed by atoms with Crippen LogP contribution in [-0.4, -0.2) is 35.6 Å². The first-order chi connectivity index (χ1) is 11.3. The van der Waals surface area contributed by atoms with Crippen molar-refractivity contribution >= 4 is 11.8 Å². The van der Waals surface area contributed by atoms with Crippen LogP contribution in [0.4, 0.5) is 0 Å². The van der Waals surface area contributed by atoms with Crippen LogP contribution < -0.4 is 10.6 Å². The molecule has 0 saturated heterocycles. The Kier molecular flexibility index (Phi) is 5.99. The Balaban J connectivity index is 1.93. The molecule has 1 fully saturated rings. The first kappa shape index (κ1) is 18.5. The van der Waals surface area contributed by atoms with Gasteiger partial charge in [-0.15, -0.1) is 0 Å². The average Bonchev–Trinajstić information content (AvgIpc) is 2.54. The third-order valence-electron chi connectivity index (χ3n) is 4.23. The van der Waals surface area contributed by atoms with Crippen LogP contribution in [0.15, 0.2) is 24.3 Å². The molecule has 0 heterocycles. The normalized spacial score (nSPS) is 21.2. The van der Waals surface area contributed by atoms with Crippen molar-refractivity contribution in [2.75, 3.05) is 6.54 Å². The molecule has 0 spiro atoms. The van der Waals surface area contributed by atoms with Crippen LogP contribution in [-0.2, 0) is 0 Å². The molecule has 2 atom stereocenters. The molecule has 5 nitrogen and oxygen atoms in total. The van der Waals surface area contributed by atoms with Gasteiger partial charge in [-0.05, 0) is 42.5 Å². The molecule has 132 valence electrons. The Labute approximate surface area is 143 Å². The fourth-order valence-electron chi connectivity index (χ4n) is 2.75. The van der Waals surface area contributed by atoms with Crippen LogP contribution in [0, 0.1) is 5.41 Å².